The Hall–Kier alpha value is -1.95. The fourth-order valence-corrected chi connectivity index (χ4v) is 3.44. The first-order valence-corrected chi connectivity index (χ1v) is 8.53. The molecule has 24 heavy (non-hydrogen) atoms. The minimum absolute atomic E-state index is 0.00258. The number of carbonyl (C=O) groups is 2. The Labute approximate surface area is 146 Å². The van der Waals surface area contributed by atoms with Crippen molar-refractivity contribution in [2.45, 2.75) is 19.3 Å². The Morgan fingerprint density at radius 2 is 1.96 bits per heavy atom. The molecule has 6 nitrogen and oxygen atoms in total. The Balaban J connectivity index is 1.61. The van der Waals surface area contributed by atoms with E-state index in [0.717, 1.165) is 5.56 Å². The van der Waals surface area contributed by atoms with Crippen LogP contribution in [0.3, 0.4) is 0 Å². The van der Waals surface area contributed by atoms with E-state index in [9.17, 15) is 9.59 Å². The molecule has 130 valence electrons. The van der Waals surface area contributed by atoms with E-state index in [2.05, 4.69) is 5.32 Å². The molecule has 0 atom stereocenters. The molecule has 7 heteroatoms. The Bertz CT molecular complexity index is 642. The largest absolute Gasteiger partial charge is 0.486 e. The van der Waals surface area contributed by atoms with Crippen molar-refractivity contribution in [1.82, 2.24) is 10.2 Å². The van der Waals surface area contributed by atoms with Crippen molar-refractivity contribution in [3.63, 3.8) is 0 Å². The van der Waals surface area contributed by atoms with Crippen molar-refractivity contribution in [3.8, 4) is 11.5 Å². The van der Waals surface area contributed by atoms with Gasteiger partial charge in [0.1, 0.15) is 13.2 Å². The number of hydrogen-bond donors (Lipinski definition) is 1. The van der Waals surface area contributed by atoms with Gasteiger partial charge in [-0.1, -0.05) is 11.6 Å². The molecule has 0 saturated carbocycles. The SMILES string of the molecule is CNC(=O)C1CCN(C(=O)Cc2cc(Cl)c3c(c2)OCCO3)CC1. The standard InChI is InChI=1S/C17H21ClN2O4/c1-19-17(22)12-2-4-20(5-3-12)15(21)10-11-8-13(18)16-14(9-11)23-6-7-24-16/h8-9,12H,2-7,10H2,1H3,(H,19,22). The third-order valence-corrected chi connectivity index (χ3v) is 4.76. The van der Waals surface area contributed by atoms with Crippen molar-refractivity contribution in [3.05, 3.63) is 22.7 Å². The van der Waals surface area contributed by atoms with Crippen LogP contribution in [0.4, 0.5) is 0 Å². The van der Waals surface area contributed by atoms with Gasteiger partial charge in [-0.3, -0.25) is 9.59 Å². The van der Waals surface area contributed by atoms with Crippen LogP contribution in [0.15, 0.2) is 12.1 Å². The summed E-state index contributed by atoms with van der Waals surface area (Å²) in [6.45, 7) is 2.17. The molecule has 3 rings (SSSR count). The molecule has 1 aromatic carbocycles. The lowest BCUT2D eigenvalue weighted by atomic mass is 9.95. The number of ether oxygens (including phenoxy) is 2. The van der Waals surface area contributed by atoms with Crippen LogP contribution in [0, 0.1) is 5.92 Å². The number of carbonyl (C=O) groups excluding carboxylic acids is 2. The number of fused-ring (bicyclic) bond motifs is 1. The van der Waals surface area contributed by atoms with E-state index in [1.54, 1.807) is 13.1 Å². The Morgan fingerprint density at radius 1 is 1.25 bits per heavy atom. The van der Waals surface area contributed by atoms with Gasteiger partial charge in [0.2, 0.25) is 11.8 Å². The summed E-state index contributed by atoms with van der Waals surface area (Å²) in [6, 6.07) is 3.57. The summed E-state index contributed by atoms with van der Waals surface area (Å²) in [6.07, 6.45) is 1.67. The van der Waals surface area contributed by atoms with E-state index in [4.69, 9.17) is 21.1 Å². The highest BCUT2D eigenvalue weighted by atomic mass is 35.5. The first-order valence-electron chi connectivity index (χ1n) is 8.16. The summed E-state index contributed by atoms with van der Waals surface area (Å²) in [5.41, 5.74) is 0.808. The van der Waals surface area contributed by atoms with E-state index < -0.39 is 0 Å². The fraction of sp³-hybridized carbons (Fsp3) is 0.529. The Kier molecular flexibility index (Phi) is 5.14. The van der Waals surface area contributed by atoms with Crippen LogP contribution in [0.2, 0.25) is 5.02 Å². The zero-order chi connectivity index (χ0) is 17.1. The lowest BCUT2D eigenvalue weighted by molar-refractivity contribution is -0.134. The normalized spacial score (nSPS) is 17.5. The molecular weight excluding hydrogens is 332 g/mol. The molecule has 1 saturated heterocycles. The smallest absolute Gasteiger partial charge is 0.226 e. The second-order valence-corrected chi connectivity index (χ2v) is 6.46. The molecule has 0 spiro atoms. The highest BCUT2D eigenvalue weighted by Gasteiger charge is 2.27. The van der Waals surface area contributed by atoms with Crippen LogP contribution >= 0.6 is 11.6 Å². The topological polar surface area (TPSA) is 67.9 Å². The van der Waals surface area contributed by atoms with E-state index in [1.807, 2.05) is 11.0 Å². The van der Waals surface area contributed by atoms with E-state index in [-0.39, 0.29) is 24.2 Å². The highest BCUT2D eigenvalue weighted by Crippen LogP contribution is 2.38. The maximum absolute atomic E-state index is 12.5. The predicted octanol–water partition coefficient (Wildman–Crippen LogP) is 1.64. The summed E-state index contributed by atoms with van der Waals surface area (Å²) in [5, 5.41) is 3.14. The first-order chi connectivity index (χ1) is 11.6. The zero-order valence-electron chi connectivity index (χ0n) is 13.6. The number of hydrogen-bond acceptors (Lipinski definition) is 4. The van der Waals surface area contributed by atoms with Crippen LogP contribution in [0.5, 0.6) is 11.5 Å². The van der Waals surface area contributed by atoms with Crippen LogP contribution in [-0.4, -0.2) is 50.1 Å². The van der Waals surface area contributed by atoms with Gasteiger partial charge in [-0.2, -0.15) is 0 Å². The van der Waals surface area contributed by atoms with Gasteiger partial charge in [0.15, 0.2) is 11.5 Å². The number of amides is 2. The second kappa shape index (κ2) is 7.30. The Morgan fingerprint density at radius 3 is 2.67 bits per heavy atom. The summed E-state index contributed by atoms with van der Waals surface area (Å²) in [4.78, 5) is 26.0. The maximum Gasteiger partial charge on any atom is 0.226 e. The van der Waals surface area contributed by atoms with Crippen molar-refractivity contribution < 1.29 is 19.1 Å². The van der Waals surface area contributed by atoms with Gasteiger partial charge in [-0.15, -0.1) is 0 Å². The molecule has 2 heterocycles. The molecule has 2 aliphatic rings. The third-order valence-electron chi connectivity index (χ3n) is 4.48. The van der Waals surface area contributed by atoms with Crippen molar-refractivity contribution >= 4 is 23.4 Å². The van der Waals surface area contributed by atoms with E-state index in [1.165, 1.54) is 0 Å². The zero-order valence-corrected chi connectivity index (χ0v) is 14.4. The van der Waals surface area contributed by atoms with Crippen molar-refractivity contribution in [2.75, 3.05) is 33.4 Å². The summed E-state index contributed by atoms with van der Waals surface area (Å²) in [7, 11) is 1.64. The van der Waals surface area contributed by atoms with Crippen molar-refractivity contribution in [2.24, 2.45) is 5.92 Å². The molecule has 1 fully saturated rings. The van der Waals surface area contributed by atoms with Crippen LogP contribution in [0.1, 0.15) is 18.4 Å². The molecule has 1 aromatic rings. The molecule has 2 amide bonds. The van der Waals surface area contributed by atoms with Crippen LogP contribution in [0.25, 0.3) is 0 Å². The lowest BCUT2D eigenvalue weighted by Gasteiger charge is -2.31. The number of benzene rings is 1. The number of nitrogens with one attached hydrogen (secondary N) is 1. The van der Waals surface area contributed by atoms with Crippen molar-refractivity contribution in [1.29, 1.82) is 0 Å². The number of nitrogens with zero attached hydrogens (tertiary/aromatic N) is 1. The first kappa shape index (κ1) is 16.9. The third kappa shape index (κ3) is 3.59. The minimum atomic E-state index is 0.00258. The average molecular weight is 353 g/mol. The van der Waals surface area contributed by atoms with Gasteiger partial charge in [0.05, 0.1) is 11.4 Å². The van der Waals surface area contributed by atoms with Gasteiger partial charge in [-0.25, -0.2) is 0 Å². The van der Waals surface area contributed by atoms with E-state index >= 15 is 0 Å². The summed E-state index contributed by atoms with van der Waals surface area (Å²) >= 11 is 6.21. The molecule has 1 N–H and O–H groups in total. The average Bonchev–Trinajstić information content (AvgIpc) is 2.61. The number of piperidine rings is 1. The summed E-state index contributed by atoms with van der Waals surface area (Å²) in [5.74, 6) is 1.24. The molecular formula is C17H21ClN2O4. The van der Waals surface area contributed by atoms with Crippen LogP contribution in [-0.2, 0) is 16.0 Å². The molecule has 0 bridgehead atoms. The number of likely N-dealkylation sites (tertiary alicyclic amines) is 1. The minimum Gasteiger partial charge on any atom is -0.486 e. The quantitative estimate of drug-likeness (QED) is 0.898. The van der Waals surface area contributed by atoms with Gasteiger partial charge in [0.25, 0.3) is 0 Å². The second-order valence-electron chi connectivity index (χ2n) is 6.05. The van der Waals surface area contributed by atoms with E-state index in [0.29, 0.717) is 55.7 Å². The highest BCUT2D eigenvalue weighted by molar-refractivity contribution is 6.32. The molecule has 0 aliphatic carbocycles. The van der Waals surface area contributed by atoms with Gasteiger partial charge in [-0.05, 0) is 30.5 Å². The fourth-order valence-electron chi connectivity index (χ4n) is 3.15. The van der Waals surface area contributed by atoms with Crippen LogP contribution < -0.4 is 14.8 Å². The molecule has 2 aliphatic heterocycles. The lowest BCUT2D eigenvalue weighted by Crippen LogP contribution is -2.42. The van der Waals surface area contributed by atoms with Gasteiger partial charge < -0.3 is 19.7 Å². The summed E-state index contributed by atoms with van der Waals surface area (Å²) < 4.78 is 11.0. The molecule has 0 aromatic heterocycles. The maximum atomic E-state index is 12.5. The van der Waals surface area contributed by atoms with Gasteiger partial charge in [0, 0.05) is 26.1 Å². The monoisotopic (exact) mass is 352 g/mol. The predicted molar refractivity (Wildman–Crippen MR) is 89.5 cm³/mol. The molecule has 0 radical (unpaired) electrons. The molecule has 0 unspecified atom stereocenters. The number of halogens is 1. The van der Waals surface area contributed by atoms with Gasteiger partial charge >= 0.3 is 0 Å². The number of rotatable bonds is 3.